The van der Waals surface area contributed by atoms with Gasteiger partial charge in [0.25, 0.3) is 16.0 Å². The van der Waals surface area contributed by atoms with Crippen LogP contribution in [-0.4, -0.2) is 87.7 Å². The lowest BCUT2D eigenvalue weighted by Gasteiger charge is -2.35. The molecule has 1 aliphatic rings. The summed E-state index contributed by atoms with van der Waals surface area (Å²) in [6.45, 7) is 5.30. The molecule has 3 heterocycles. The van der Waals surface area contributed by atoms with Gasteiger partial charge >= 0.3 is 0 Å². The zero-order chi connectivity index (χ0) is 19.8. The first-order chi connectivity index (χ1) is 12.7. The van der Waals surface area contributed by atoms with Gasteiger partial charge in [0.2, 0.25) is 5.91 Å². The minimum Gasteiger partial charge on any atom is -0.340 e. The Bertz CT molecular complexity index is 946. The number of aromatic nitrogens is 4. The third-order valence-electron chi connectivity index (χ3n) is 4.96. The summed E-state index contributed by atoms with van der Waals surface area (Å²) in [6.07, 6.45) is 2.38. The maximum atomic E-state index is 12.6. The predicted octanol–water partition coefficient (Wildman–Crippen LogP) is -0.376. The number of hydrogen-bond acceptors (Lipinski definition) is 6. The molecule has 1 amide bonds. The smallest absolute Gasteiger partial charge is 0.281 e. The number of carbonyl (C=O) groups is 1. The summed E-state index contributed by atoms with van der Waals surface area (Å²) in [6, 6.07) is 0. The van der Waals surface area contributed by atoms with E-state index in [0.29, 0.717) is 44.8 Å². The third-order valence-corrected chi connectivity index (χ3v) is 6.90. The van der Waals surface area contributed by atoms with Gasteiger partial charge in [-0.25, -0.2) is 9.50 Å². The van der Waals surface area contributed by atoms with Crippen LogP contribution in [0.15, 0.2) is 6.33 Å². The number of hydrogen-bond donors (Lipinski definition) is 0. The Morgan fingerprint density at radius 3 is 2.48 bits per heavy atom. The minimum atomic E-state index is -3.43. The molecule has 0 atom stereocenters. The fraction of sp³-hybridized carbons (Fsp3) is 0.625. The van der Waals surface area contributed by atoms with E-state index in [9.17, 15) is 13.2 Å². The molecule has 11 heteroatoms. The van der Waals surface area contributed by atoms with Crippen molar-refractivity contribution >= 4 is 21.9 Å². The molecule has 0 saturated carbocycles. The Kier molecular flexibility index (Phi) is 5.45. The van der Waals surface area contributed by atoms with Gasteiger partial charge in [0, 0.05) is 58.1 Å². The number of fused-ring (bicyclic) bond motifs is 1. The lowest BCUT2D eigenvalue weighted by Crippen LogP contribution is -2.53. The molecule has 0 aromatic carbocycles. The van der Waals surface area contributed by atoms with E-state index in [1.807, 2.05) is 13.8 Å². The van der Waals surface area contributed by atoms with Crippen molar-refractivity contribution in [2.45, 2.75) is 26.7 Å². The van der Waals surface area contributed by atoms with E-state index in [0.717, 1.165) is 17.0 Å². The van der Waals surface area contributed by atoms with E-state index in [1.54, 1.807) is 9.42 Å². The normalized spacial score (nSPS) is 16.4. The summed E-state index contributed by atoms with van der Waals surface area (Å²) in [4.78, 5) is 22.8. The molecule has 27 heavy (non-hydrogen) atoms. The maximum Gasteiger partial charge on any atom is 0.281 e. The summed E-state index contributed by atoms with van der Waals surface area (Å²) in [5, 5.41) is 4.16. The Morgan fingerprint density at radius 1 is 1.19 bits per heavy atom. The summed E-state index contributed by atoms with van der Waals surface area (Å²) in [5.74, 6) is 0.577. The van der Waals surface area contributed by atoms with Crippen LogP contribution in [0.5, 0.6) is 0 Å². The van der Waals surface area contributed by atoms with Gasteiger partial charge in [-0.2, -0.15) is 27.1 Å². The van der Waals surface area contributed by atoms with Crippen molar-refractivity contribution in [1.82, 2.24) is 33.1 Å². The summed E-state index contributed by atoms with van der Waals surface area (Å²) in [5.41, 5.74) is 2.78. The lowest BCUT2D eigenvalue weighted by atomic mass is 10.1. The molecule has 1 fully saturated rings. The van der Waals surface area contributed by atoms with Crippen molar-refractivity contribution < 1.29 is 13.2 Å². The highest BCUT2D eigenvalue weighted by Gasteiger charge is 2.30. The van der Waals surface area contributed by atoms with Crippen LogP contribution in [0.1, 0.15) is 23.4 Å². The van der Waals surface area contributed by atoms with Crippen LogP contribution in [0.25, 0.3) is 5.78 Å². The molecular weight excluding hydrogens is 370 g/mol. The second-order valence-corrected chi connectivity index (χ2v) is 8.95. The Hall–Kier alpha value is -2.11. The van der Waals surface area contributed by atoms with Crippen molar-refractivity contribution in [3.63, 3.8) is 0 Å². The molecule has 1 aliphatic heterocycles. The van der Waals surface area contributed by atoms with Gasteiger partial charge in [0.15, 0.2) is 0 Å². The number of carbonyl (C=O) groups excluding carboxylic acids is 1. The molecule has 3 rings (SSSR count). The molecule has 0 spiro atoms. The molecule has 0 bridgehead atoms. The van der Waals surface area contributed by atoms with Crippen molar-refractivity contribution in [1.29, 1.82) is 0 Å². The number of nitrogens with zero attached hydrogens (tertiary/aromatic N) is 7. The fourth-order valence-electron chi connectivity index (χ4n) is 3.31. The molecule has 2 aromatic rings. The number of amides is 1. The number of rotatable bonds is 5. The third kappa shape index (κ3) is 3.80. The van der Waals surface area contributed by atoms with Crippen LogP contribution in [-0.2, 0) is 21.4 Å². The molecule has 0 aliphatic carbocycles. The quantitative estimate of drug-likeness (QED) is 0.684. The average molecular weight is 395 g/mol. The first-order valence-corrected chi connectivity index (χ1v) is 10.2. The van der Waals surface area contributed by atoms with Crippen LogP contribution < -0.4 is 0 Å². The van der Waals surface area contributed by atoms with E-state index in [-0.39, 0.29) is 5.91 Å². The number of piperazine rings is 1. The first kappa shape index (κ1) is 19.6. The van der Waals surface area contributed by atoms with Crippen LogP contribution in [0.3, 0.4) is 0 Å². The SMILES string of the molecule is Cc1nc2ncnn2c(C)c1CCC(=O)N1CCN(S(=O)(=O)N(C)C)CC1. The second-order valence-electron chi connectivity index (χ2n) is 6.80. The second kappa shape index (κ2) is 7.49. The highest BCUT2D eigenvalue weighted by molar-refractivity contribution is 7.86. The zero-order valence-electron chi connectivity index (χ0n) is 16.1. The van der Waals surface area contributed by atoms with Crippen molar-refractivity contribution in [3.8, 4) is 0 Å². The fourth-order valence-corrected chi connectivity index (χ4v) is 4.39. The van der Waals surface area contributed by atoms with Crippen molar-refractivity contribution in [3.05, 3.63) is 23.3 Å². The highest BCUT2D eigenvalue weighted by atomic mass is 32.2. The van der Waals surface area contributed by atoms with E-state index < -0.39 is 10.2 Å². The zero-order valence-corrected chi connectivity index (χ0v) is 16.9. The van der Waals surface area contributed by atoms with Crippen LogP contribution in [0.2, 0.25) is 0 Å². The van der Waals surface area contributed by atoms with Crippen LogP contribution >= 0.6 is 0 Å². The maximum absolute atomic E-state index is 12.6. The van der Waals surface area contributed by atoms with Gasteiger partial charge in [0.1, 0.15) is 6.33 Å². The first-order valence-electron chi connectivity index (χ1n) is 8.83. The van der Waals surface area contributed by atoms with Crippen LogP contribution in [0.4, 0.5) is 0 Å². The summed E-state index contributed by atoms with van der Waals surface area (Å²) < 4.78 is 28.6. The molecule has 1 saturated heterocycles. The van der Waals surface area contributed by atoms with Gasteiger partial charge in [-0.1, -0.05) is 0 Å². The summed E-state index contributed by atoms with van der Waals surface area (Å²) in [7, 11) is -0.403. The van der Waals surface area contributed by atoms with Gasteiger partial charge in [-0.05, 0) is 25.8 Å². The van der Waals surface area contributed by atoms with E-state index in [4.69, 9.17) is 0 Å². The predicted molar refractivity (Wildman–Crippen MR) is 99.3 cm³/mol. The van der Waals surface area contributed by atoms with Gasteiger partial charge < -0.3 is 4.90 Å². The van der Waals surface area contributed by atoms with Gasteiger partial charge in [0.05, 0.1) is 0 Å². The summed E-state index contributed by atoms with van der Waals surface area (Å²) >= 11 is 0. The average Bonchev–Trinajstić information content (AvgIpc) is 3.09. The minimum absolute atomic E-state index is 0.0226. The number of aryl methyl sites for hydroxylation is 2. The molecule has 0 radical (unpaired) electrons. The molecular formula is C16H25N7O3S. The van der Waals surface area contributed by atoms with Crippen LogP contribution in [0, 0.1) is 13.8 Å². The Morgan fingerprint density at radius 2 is 1.85 bits per heavy atom. The molecule has 0 N–H and O–H groups in total. The standard InChI is InChI=1S/C16H25N7O3S/c1-12-14(13(2)23-16(19-12)17-11-18-23)5-6-15(24)21-7-9-22(10-8-21)27(25,26)20(3)4/h11H,5-10H2,1-4H3. The van der Waals surface area contributed by atoms with E-state index in [2.05, 4.69) is 15.1 Å². The molecule has 10 nitrogen and oxygen atoms in total. The lowest BCUT2D eigenvalue weighted by molar-refractivity contribution is -0.132. The van der Waals surface area contributed by atoms with Crippen molar-refractivity contribution in [2.24, 2.45) is 0 Å². The molecule has 2 aromatic heterocycles. The van der Waals surface area contributed by atoms with E-state index >= 15 is 0 Å². The largest absolute Gasteiger partial charge is 0.340 e. The Balaban J connectivity index is 1.61. The van der Waals surface area contributed by atoms with Crippen molar-refractivity contribution in [2.75, 3.05) is 40.3 Å². The van der Waals surface area contributed by atoms with Gasteiger partial charge in [-0.3, -0.25) is 4.79 Å². The Labute approximate surface area is 159 Å². The highest BCUT2D eigenvalue weighted by Crippen LogP contribution is 2.16. The molecule has 0 unspecified atom stereocenters. The van der Waals surface area contributed by atoms with E-state index in [1.165, 1.54) is 29.0 Å². The van der Waals surface area contributed by atoms with Gasteiger partial charge in [-0.15, -0.1) is 0 Å². The topological polar surface area (TPSA) is 104 Å². The molecule has 148 valence electrons. The monoisotopic (exact) mass is 395 g/mol.